The lowest BCUT2D eigenvalue weighted by molar-refractivity contribution is 0.267. The van der Waals surface area contributed by atoms with Crippen molar-refractivity contribution >= 4 is 8.53 Å². The Hall–Kier alpha value is -0.630. The van der Waals surface area contributed by atoms with E-state index in [1.165, 1.54) is 16.7 Å². The van der Waals surface area contributed by atoms with Crippen LogP contribution < -0.4 is 4.52 Å². The van der Waals surface area contributed by atoms with Gasteiger partial charge in [-0.3, -0.25) is 0 Å². The van der Waals surface area contributed by atoms with Crippen molar-refractivity contribution in [1.29, 1.82) is 0 Å². The zero-order chi connectivity index (χ0) is 21.7. The standard InChI is InChI=1S/C24H42NO2P/c1-21(2,3)17-15-18(22(4,5)6)20(19(16-17)23(7,8)9)27-28-25(13-14-26-28)24(10,11)12/h15-16H,13-14H2,1-12H3. The van der Waals surface area contributed by atoms with Crippen LogP contribution in [0.3, 0.4) is 0 Å². The maximum atomic E-state index is 6.77. The van der Waals surface area contributed by atoms with Gasteiger partial charge in [-0.25, -0.2) is 4.67 Å². The fourth-order valence-electron chi connectivity index (χ4n) is 3.37. The van der Waals surface area contributed by atoms with E-state index in [-0.39, 0.29) is 21.8 Å². The lowest BCUT2D eigenvalue weighted by Gasteiger charge is -2.37. The maximum Gasteiger partial charge on any atom is 0.321 e. The number of rotatable bonds is 2. The Morgan fingerprint density at radius 1 is 0.786 bits per heavy atom. The van der Waals surface area contributed by atoms with Crippen LogP contribution in [0.25, 0.3) is 0 Å². The molecule has 0 saturated carbocycles. The molecular formula is C24H42NO2P. The van der Waals surface area contributed by atoms with Crippen LogP contribution in [0.1, 0.15) is 99.8 Å². The predicted octanol–water partition coefficient (Wildman–Crippen LogP) is 7.32. The topological polar surface area (TPSA) is 21.7 Å². The molecule has 1 heterocycles. The van der Waals surface area contributed by atoms with Crippen molar-refractivity contribution in [3.63, 3.8) is 0 Å². The van der Waals surface area contributed by atoms with Gasteiger partial charge in [-0.2, -0.15) is 0 Å². The van der Waals surface area contributed by atoms with E-state index in [0.29, 0.717) is 0 Å². The van der Waals surface area contributed by atoms with Crippen molar-refractivity contribution in [2.75, 3.05) is 13.2 Å². The molecule has 0 amide bonds. The number of hydrogen-bond acceptors (Lipinski definition) is 3. The average molecular weight is 408 g/mol. The van der Waals surface area contributed by atoms with Gasteiger partial charge < -0.3 is 9.05 Å². The predicted molar refractivity (Wildman–Crippen MR) is 123 cm³/mol. The fraction of sp³-hybridized carbons (Fsp3) is 0.750. The van der Waals surface area contributed by atoms with Crippen LogP contribution in [-0.4, -0.2) is 23.4 Å². The summed E-state index contributed by atoms with van der Waals surface area (Å²) < 4.78 is 15.2. The highest BCUT2D eigenvalue weighted by Crippen LogP contribution is 2.54. The van der Waals surface area contributed by atoms with Gasteiger partial charge in [0.15, 0.2) is 0 Å². The van der Waals surface area contributed by atoms with Gasteiger partial charge in [0.05, 0.1) is 6.61 Å². The number of nitrogens with zero attached hydrogens (tertiary/aromatic N) is 1. The molecule has 0 aromatic heterocycles. The molecule has 0 aliphatic carbocycles. The van der Waals surface area contributed by atoms with Gasteiger partial charge in [-0.05, 0) is 42.6 Å². The van der Waals surface area contributed by atoms with Gasteiger partial charge in [0.25, 0.3) is 0 Å². The van der Waals surface area contributed by atoms with E-state index >= 15 is 0 Å². The highest BCUT2D eigenvalue weighted by Gasteiger charge is 2.40. The summed E-state index contributed by atoms with van der Waals surface area (Å²) in [4.78, 5) is 0. The normalized spacial score (nSPS) is 19.9. The van der Waals surface area contributed by atoms with Crippen LogP contribution in [0, 0.1) is 0 Å². The summed E-state index contributed by atoms with van der Waals surface area (Å²) in [5.41, 5.74) is 4.00. The van der Waals surface area contributed by atoms with E-state index < -0.39 is 8.53 Å². The van der Waals surface area contributed by atoms with Crippen molar-refractivity contribution in [3.8, 4) is 5.75 Å². The Balaban J connectivity index is 2.67. The molecule has 1 aliphatic rings. The zero-order valence-electron chi connectivity index (χ0n) is 20.3. The second-order valence-electron chi connectivity index (χ2n) is 12.1. The molecule has 28 heavy (non-hydrogen) atoms. The fourth-order valence-corrected chi connectivity index (χ4v) is 4.98. The first-order valence-corrected chi connectivity index (χ1v) is 11.6. The molecule has 1 aromatic rings. The third-order valence-corrected chi connectivity index (χ3v) is 7.15. The molecule has 1 aliphatic heterocycles. The minimum absolute atomic E-state index is 0.0157. The second kappa shape index (κ2) is 7.56. The highest BCUT2D eigenvalue weighted by molar-refractivity contribution is 7.45. The van der Waals surface area contributed by atoms with Gasteiger partial charge in [0.1, 0.15) is 5.75 Å². The zero-order valence-corrected chi connectivity index (χ0v) is 21.2. The molecule has 1 aromatic carbocycles. The Labute approximate surface area is 175 Å². The van der Waals surface area contributed by atoms with Gasteiger partial charge in [-0.15, -0.1) is 0 Å². The molecule has 0 spiro atoms. The monoisotopic (exact) mass is 407 g/mol. The first kappa shape index (κ1) is 23.6. The molecule has 0 radical (unpaired) electrons. The van der Waals surface area contributed by atoms with Gasteiger partial charge in [0.2, 0.25) is 0 Å². The summed E-state index contributed by atoms with van der Waals surface area (Å²) >= 11 is 0. The van der Waals surface area contributed by atoms with Crippen LogP contribution in [-0.2, 0) is 20.8 Å². The molecule has 4 heteroatoms. The van der Waals surface area contributed by atoms with Crippen molar-refractivity contribution in [1.82, 2.24) is 4.67 Å². The van der Waals surface area contributed by atoms with E-state index in [1.54, 1.807) is 0 Å². The van der Waals surface area contributed by atoms with Gasteiger partial charge >= 0.3 is 8.53 Å². The minimum Gasteiger partial charge on any atom is -0.435 e. The average Bonchev–Trinajstić information content (AvgIpc) is 2.92. The van der Waals surface area contributed by atoms with E-state index in [2.05, 4.69) is 99.9 Å². The molecule has 1 saturated heterocycles. The maximum absolute atomic E-state index is 6.77. The third kappa shape index (κ3) is 5.29. The van der Waals surface area contributed by atoms with Crippen LogP contribution >= 0.6 is 8.53 Å². The third-order valence-electron chi connectivity index (χ3n) is 5.22. The molecular weight excluding hydrogens is 365 g/mol. The Morgan fingerprint density at radius 2 is 1.25 bits per heavy atom. The Kier molecular flexibility index (Phi) is 6.39. The summed E-state index contributed by atoms with van der Waals surface area (Å²) in [7, 11) is -1.10. The Bertz CT molecular complexity index is 664. The quantitative estimate of drug-likeness (QED) is 0.480. The van der Waals surface area contributed by atoms with E-state index in [4.69, 9.17) is 9.05 Å². The molecule has 3 nitrogen and oxygen atoms in total. The summed E-state index contributed by atoms with van der Waals surface area (Å²) in [5, 5.41) is 0. The molecule has 1 unspecified atom stereocenters. The number of benzene rings is 1. The van der Waals surface area contributed by atoms with E-state index in [1.807, 2.05) is 0 Å². The smallest absolute Gasteiger partial charge is 0.321 e. The molecule has 0 bridgehead atoms. The molecule has 2 rings (SSSR count). The van der Waals surface area contributed by atoms with Crippen molar-refractivity contribution < 1.29 is 9.05 Å². The lowest BCUT2D eigenvalue weighted by atomic mass is 9.75. The van der Waals surface area contributed by atoms with Crippen LogP contribution in [0.2, 0.25) is 0 Å². The summed E-state index contributed by atoms with van der Waals surface area (Å²) in [6.45, 7) is 28.9. The van der Waals surface area contributed by atoms with Crippen molar-refractivity contribution in [3.05, 3.63) is 28.8 Å². The lowest BCUT2D eigenvalue weighted by Crippen LogP contribution is -2.36. The molecule has 0 N–H and O–H groups in total. The summed E-state index contributed by atoms with van der Waals surface area (Å²) in [5.74, 6) is 1.02. The highest BCUT2D eigenvalue weighted by atomic mass is 31.2. The van der Waals surface area contributed by atoms with E-state index in [9.17, 15) is 0 Å². The van der Waals surface area contributed by atoms with Gasteiger partial charge in [-0.1, -0.05) is 74.4 Å². The minimum atomic E-state index is -1.10. The summed E-state index contributed by atoms with van der Waals surface area (Å²) in [6, 6.07) is 4.72. The SMILES string of the molecule is CC(C)(C)c1cc(C(C)(C)C)c(OP2OCCN2C(C)(C)C)c(C(C)(C)C)c1. The Morgan fingerprint density at radius 3 is 1.61 bits per heavy atom. The van der Waals surface area contributed by atoms with Crippen molar-refractivity contribution in [2.45, 2.75) is 105 Å². The first-order valence-electron chi connectivity index (χ1n) is 10.5. The van der Waals surface area contributed by atoms with E-state index in [0.717, 1.165) is 18.9 Å². The molecule has 160 valence electrons. The van der Waals surface area contributed by atoms with Crippen LogP contribution in [0.5, 0.6) is 5.75 Å². The van der Waals surface area contributed by atoms with Crippen molar-refractivity contribution in [2.24, 2.45) is 0 Å². The first-order chi connectivity index (χ1) is 12.4. The van der Waals surface area contributed by atoms with Crippen LogP contribution in [0.15, 0.2) is 12.1 Å². The van der Waals surface area contributed by atoms with Crippen LogP contribution in [0.4, 0.5) is 0 Å². The number of hydrogen-bond donors (Lipinski definition) is 0. The second-order valence-corrected chi connectivity index (χ2v) is 13.5. The molecule has 1 fully saturated rings. The summed E-state index contributed by atoms with van der Waals surface area (Å²) in [6.07, 6.45) is 0. The largest absolute Gasteiger partial charge is 0.435 e. The molecule has 1 atom stereocenters. The van der Waals surface area contributed by atoms with Gasteiger partial charge in [0, 0.05) is 23.2 Å².